The van der Waals surface area contributed by atoms with Crippen molar-refractivity contribution in [1.29, 1.82) is 0 Å². The van der Waals surface area contributed by atoms with Crippen molar-refractivity contribution in [1.82, 2.24) is 10.2 Å². The number of nitrogens with one attached hydrogen (secondary N) is 1. The summed E-state index contributed by atoms with van der Waals surface area (Å²) in [5, 5.41) is 3.01. The Morgan fingerprint density at radius 3 is 2.65 bits per heavy atom. The van der Waals surface area contributed by atoms with E-state index in [-0.39, 0.29) is 11.8 Å². The van der Waals surface area contributed by atoms with Crippen molar-refractivity contribution in [3.05, 3.63) is 35.9 Å². The average Bonchev–Trinajstić information content (AvgIpc) is 2.82. The summed E-state index contributed by atoms with van der Waals surface area (Å²) >= 11 is 0. The lowest BCUT2D eigenvalue weighted by molar-refractivity contribution is -0.140. The Kier molecular flexibility index (Phi) is 5.80. The predicted molar refractivity (Wildman–Crippen MR) is 92.0 cm³/mol. The van der Waals surface area contributed by atoms with Crippen molar-refractivity contribution < 1.29 is 9.59 Å². The molecule has 4 nitrogen and oxygen atoms in total. The number of carbonyl (C=O) groups excluding carboxylic acids is 2. The molecular weight excluding hydrogens is 288 g/mol. The molecule has 1 aliphatic heterocycles. The maximum Gasteiger partial charge on any atom is 0.245 e. The van der Waals surface area contributed by atoms with E-state index in [2.05, 4.69) is 31.3 Å². The minimum atomic E-state index is -0.706. The molecule has 0 spiro atoms. The van der Waals surface area contributed by atoms with Crippen LogP contribution < -0.4 is 5.32 Å². The molecule has 2 rings (SSSR count). The van der Waals surface area contributed by atoms with Gasteiger partial charge in [0, 0.05) is 19.5 Å². The predicted octanol–water partition coefficient (Wildman–Crippen LogP) is 2.77. The van der Waals surface area contributed by atoms with E-state index in [0.717, 1.165) is 12.8 Å². The number of rotatable bonds is 7. The zero-order chi connectivity index (χ0) is 16.9. The monoisotopic (exact) mass is 316 g/mol. The molecule has 0 radical (unpaired) electrons. The van der Waals surface area contributed by atoms with Crippen LogP contribution in [-0.4, -0.2) is 35.3 Å². The molecule has 4 heteroatoms. The normalized spacial score (nSPS) is 21.0. The fraction of sp³-hybridized carbons (Fsp3) is 0.579. The van der Waals surface area contributed by atoms with E-state index in [4.69, 9.17) is 0 Å². The first kappa shape index (κ1) is 17.5. The molecule has 0 saturated carbocycles. The summed E-state index contributed by atoms with van der Waals surface area (Å²) in [6, 6.07) is 10.1. The molecule has 1 heterocycles. The van der Waals surface area contributed by atoms with Gasteiger partial charge in [0.25, 0.3) is 0 Å². The lowest BCUT2D eigenvalue weighted by Gasteiger charge is -2.34. The van der Waals surface area contributed by atoms with Crippen molar-refractivity contribution in [2.75, 3.05) is 13.1 Å². The van der Waals surface area contributed by atoms with Gasteiger partial charge in [0.1, 0.15) is 5.54 Å². The van der Waals surface area contributed by atoms with Crippen molar-refractivity contribution in [2.45, 2.75) is 52.0 Å². The Morgan fingerprint density at radius 2 is 2.00 bits per heavy atom. The number of benzene rings is 1. The summed E-state index contributed by atoms with van der Waals surface area (Å²) in [6.45, 7) is 7.44. The molecule has 2 amide bonds. The molecule has 1 aliphatic rings. The zero-order valence-electron chi connectivity index (χ0n) is 14.5. The number of hydrogen-bond donors (Lipinski definition) is 1. The van der Waals surface area contributed by atoms with Crippen LogP contribution in [0.15, 0.2) is 30.3 Å². The summed E-state index contributed by atoms with van der Waals surface area (Å²) < 4.78 is 0. The molecule has 23 heavy (non-hydrogen) atoms. The quantitative estimate of drug-likeness (QED) is 0.841. The van der Waals surface area contributed by atoms with Crippen molar-refractivity contribution in [2.24, 2.45) is 5.92 Å². The van der Waals surface area contributed by atoms with Gasteiger partial charge in [-0.15, -0.1) is 0 Å². The molecule has 0 bridgehead atoms. The molecule has 0 unspecified atom stereocenters. The van der Waals surface area contributed by atoms with Gasteiger partial charge in [-0.05, 0) is 37.7 Å². The Labute approximate surface area is 139 Å². The number of hydrogen-bond acceptors (Lipinski definition) is 2. The van der Waals surface area contributed by atoms with Crippen LogP contribution in [0.3, 0.4) is 0 Å². The molecular formula is C19H28N2O2. The van der Waals surface area contributed by atoms with Gasteiger partial charge in [-0.3, -0.25) is 9.59 Å². The average molecular weight is 316 g/mol. The van der Waals surface area contributed by atoms with Crippen LogP contribution in [0.25, 0.3) is 0 Å². The maximum atomic E-state index is 12.6. The first-order valence-corrected chi connectivity index (χ1v) is 8.56. The van der Waals surface area contributed by atoms with Crippen LogP contribution in [0, 0.1) is 5.92 Å². The third kappa shape index (κ3) is 4.34. The smallest absolute Gasteiger partial charge is 0.245 e. The van der Waals surface area contributed by atoms with E-state index in [1.54, 1.807) is 4.90 Å². The van der Waals surface area contributed by atoms with Crippen LogP contribution in [0.4, 0.5) is 0 Å². The van der Waals surface area contributed by atoms with Crippen molar-refractivity contribution >= 4 is 11.8 Å². The first-order chi connectivity index (χ1) is 10.9. The summed E-state index contributed by atoms with van der Waals surface area (Å²) in [4.78, 5) is 26.6. The van der Waals surface area contributed by atoms with Gasteiger partial charge in [0.15, 0.2) is 0 Å². The van der Waals surface area contributed by atoms with E-state index in [1.807, 2.05) is 25.1 Å². The molecule has 0 aliphatic carbocycles. The zero-order valence-corrected chi connectivity index (χ0v) is 14.5. The third-order valence-electron chi connectivity index (χ3n) is 4.69. The van der Waals surface area contributed by atoms with Crippen LogP contribution in [0.1, 0.15) is 45.6 Å². The minimum Gasteiger partial charge on any atom is -0.354 e. The number of carbonyl (C=O) groups is 2. The summed E-state index contributed by atoms with van der Waals surface area (Å²) in [7, 11) is 0. The standard InChI is InChI=1S/C19H28N2O2/c1-15(2)10-13-20-18(23)19(3)12-9-17(22)21(19)14-11-16-7-5-4-6-8-16/h4-8,15H,9-14H2,1-3H3,(H,20,23)/t19-/m0/s1. The molecule has 1 aromatic carbocycles. The molecule has 126 valence electrons. The Balaban J connectivity index is 1.98. The molecule has 1 N–H and O–H groups in total. The minimum absolute atomic E-state index is 0.0166. The van der Waals surface area contributed by atoms with Gasteiger partial charge in [0.05, 0.1) is 0 Å². The second-order valence-electron chi connectivity index (χ2n) is 6.99. The Hall–Kier alpha value is -1.84. The summed E-state index contributed by atoms with van der Waals surface area (Å²) in [6.07, 6.45) is 2.80. The molecule has 1 saturated heterocycles. The maximum absolute atomic E-state index is 12.6. The fourth-order valence-electron chi connectivity index (χ4n) is 3.05. The summed E-state index contributed by atoms with van der Waals surface area (Å²) in [5.74, 6) is 0.627. The highest BCUT2D eigenvalue weighted by molar-refractivity contribution is 5.94. The Morgan fingerprint density at radius 1 is 1.30 bits per heavy atom. The Bertz CT molecular complexity index is 542. The largest absolute Gasteiger partial charge is 0.354 e. The van der Waals surface area contributed by atoms with Crippen molar-refractivity contribution in [3.8, 4) is 0 Å². The third-order valence-corrected chi connectivity index (χ3v) is 4.69. The van der Waals surface area contributed by atoms with E-state index in [0.29, 0.717) is 31.8 Å². The lowest BCUT2D eigenvalue weighted by Crippen LogP contribution is -2.55. The lowest BCUT2D eigenvalue weighted by atomic mass is 9.97. The highest BCUT2D eigenvalue weighted by Crippen LogP contribution is 2.30. The number of likely N-dealkylation sites (tertiary alicyclic amines) is 1. The topological polar surface area (TPSA) is 49.4 Å². The fourth-order valence-corrected chi connectivity index (χ4v) is 3.05. The molecule has 0 aromatic heterocycles. The van der Waals surface area contributed by atoms with Crippen LogP contribution >= 0.6 is 0 Å². The summed E-state index contributed by atoms with van der Waals surface area (Å²) in [5.41, 5.74) is 0.484. The SMILES string of the molecule is CC(C)CCNC(=O)[C@]1(C)CCC(=O)N1CCc1ccccc1. The van der Waals surface area contributed by atoms with Gasteiger partial charge in [-0.1, -0.05) is 44.2 Å². The second kappa shape index (κ2) is 7.62. The highest BCUT2D eigenvalue weighted by atomic mass is 16.2. The second-order valence-corrected chi connectivity index (χ2v) is 6.99. The van der Waals surface area contributed by atoms with Gasteiger partial charge < -0.3 is 10.2 Å². The van der Waals surface area contributed by atoms with Gasteiger partial charge in [0.2, 0.25) is 11.8 Å². The van der Waals surface area contributed by atoms with Gasteiger partial charge in [-0.25, -0.2) is 0 Å². The van der Waals surface area contributed by atoms with Gasteiger partial charge >= 0.3 is 0 Å². The van der Waals surface area contributed by atoms with Gasteiger partial charge in [-0.2, -0.15) is 0 Å². The van der Waals surface area contributed by atoms with E-state index >= 15 is 0 Å². The van der Waals surface area contributed by atoms with Crippen LogP contribution in [-0.2, 0) is 16.0 Å². The van der Waals surface area contributed by atoms with E-state index in [1.165, 1.54) is 5.56 Å². The van der Waals surface area contributed by atoms with Crippen LogP contribution in [0.5, 0.6) is 0 Å². The van der Waals surface area contributed by atoms with E-state index < -0.39 is 5.54 Å². The number of nitrogens with zero attached hydrogens (tertiary/aromatic N) is 1. The molecule has 1 atom stereocenters. The molecule has 1 fully saturated rings. The number of amides is 2. The highest BCUT2D eigenvalue weighted by Gasteiger charge is 2.46. The van der Waals surface area contributed by atoms with Crippen molar-refractivity contribution in [3.63, 3.8) is 0 Å². The van der Waals surface area contributed by atoms with Crippen LogP contribution in [0.2, 0.25) is 0 Å². The first-order valence-electron chi connectivity index (χ1n) is 8.56. The van der Waals surface area contributed by atoms with E-state index in [9.17, 15) is 9.59 Å². The molecule has 1 aromatic rings.